The third-order valence-corrected chi connectivity index (χ3v) is 23.8. The van der Waals surface area contributed by atoms with E-state index in [-0.39, 0.29) is 0 Å². The summed E-state index contributed by atoms with van der Waals surface area (Å²) in [6, 6.07) is 162. The van der Waals surface area contributed by atoms with Gasteiger partial charge in [-0.05, 0) is 273 Å². The highest BCUT2D eigenvalue weighted by Gasteiger charge is 2.30. The van der Waals surface area contributed by atoms with E-state index >= 15 is 0 Å². The molecule has 118 heavy (non-hydrogen) atoms. The molecular weight excluding hydrogens is 1420 g/mol. The Morgan fingerprint density at radius 3 is 0.678 bits per heavy atom. The molecule has 0 saturated carbocycles. The lowest BCUT2D eigenvalue weighted by atomic mass is 9.76. The maximum absolute atomic E-state index is 2.41. The van der Waals surface area contributed by atoms with Gasteiger partial charge in [0, 0.05) is 34.1 Å². The van der Waals surface area contributed by atoms with Gasteiger partial charge in [-0.1, -0.05) is 376 Å². The predicted molar refractivity (Wildman–Crippen MR) is 507 cm³/mol. The topological polar surface area (TPSA) is 6.48 Å². The lowest BCUT2D eigenvalue weighted by Gasteiger charge is -2.27. The zero-order valence-electron chi connectivity index (χ0n) is 65.2. The highest BCUT2D eigenvalue weighted by atomic mass is 15.1. The van der Waals surface area contributed by atoms with Crippen LogP contribution in [0.4, 0.5) is 34.1 Å². The van der Waals surface area contributed by atoms with Gasteiger partial charge in [-0.2, -0.15) is 0 Å². The standard InChI is InChI=1S/C66H46N2.C50H34/c1-7-23-47(24-8-1)61-57-35-19-20-36-58(57)62(48-25-9-2-10-26-48)66-64(50-41-45-56(46-42-50)68(53-31-15-5-16-32-53)54-33-17-6-18-34-54)60-38-22-21-37-59(60)63(65(61)66)49-39-43-55(44-40-49)67(51-27-11-3-12-28-51)52-29-13-4-14-30-52;1-3-17-35(18-4-1)45-41-23-11-12-24-42(41)46(36-19-5-2-6-20-36)50-48(40-30-28-34-16-8-10-22-38(34)32-40)44-26-14-13-25-43(44)47(49(45)50)39-29-27-33-15-7-9-21-37(33)31-39/h1-46H;1-5,7-19,21-32H,6,20H2. The van der Waals surface area contributed by atoms with E-state index in [2.05, 4.69) is 471 Å². The summed E-state index contributed by atoms with van der Waals surface area (Å²) in [6.45, 7) is 0. The van der Waals surface area contributed by atoms with E-state index in [0.29, 0.717) is 0 Å². The van der Waals surface area contributed by atoms with Crippen molar-refractivity contribution in [3.63, 3.8) is 0 Å². The van der Waals surface area contributed by atoms with Crippen LogP contribution in [0.5, 0.6) is 0 Å². The van der Waals surface area contributed by atoms with Crippen LogP contribution in [0, 0.1) is 0 Å². The van der Waals surface area contributed by atoms with Crippen LogP contribution in [0.2, 0.25) is 0 Å². The van der Waals surface area contributed by atoms with Gasteiger partial charge >= 0.3 is 0 Å². The van der Waals surface area contributed by atoms with E-state index in [1.807, 2.05) is 0 Å². The molecule has 0 unspecified atom stereocenters. The summed E-state index contributed by atoms with van der Waals surface area (Å²) in [5, 5.41) is 20.1. The second kappa shape index (κ2) is 30.9. The fourth-order valence-electron chi connectivity index (χ4n) is 18.8. The van der Waals surface area contributed by atoms with Crippen LogP contribution in [0.15, 0.2) is 461 Å². The lowest BCUT2D eigenvalue weighted by Crippen LogP contribution is -2.09. The molecule has 2 nitrogen and oxygen atoms in total. The van der Waals surface area contributed by atoms with Gasteiger partial charge in [0.05, 0.1) is 0 Å². The van der Waals surface area contributed by atoms with Gasteiger partial charge in [0.25, 0.3) is 0 Å². The number of hydrogen-bond acceptors (Lipinski definition) is 2. The first-order valence-electron chi connectivity index (χ1n) is 41.0. The van der Waals surface area contributed by atoms with Gasteiger partial charge in [0.1, 0.15) is 0 Å². The predicted octanol–water partition coefficient (Wildman–Crippen LogP) is 32.9. The van der Waals surface area contributed by atoms with E-state index in [0.717, 1.165) is 58.1 Å². The average Bonchev–Trinajstić information content (AvgIpc) is 0.701. The molecule has 0 saturated heterocycles. The molecule has 0 aromatic heterocycles. The molecule has 0 bridgehead atoms. The summed E-state index contributed by atoms with van der Waals surface area (Å²) in [7, 11) is 0. The van der Waals surface area contributed by atoms with Crippen molar-refractivity contribution in [1.82, 2.24) is 0 Å². The summed E-state index contributed by atoms with van der Waals surface area (Å²) in [5.74, 6) is 0. The fraction of sp³-hybridized carbons (Fsp3) is 0.0172. The molecule has 0 N–H and O–H groups in total. The first kappa shape index (κ1) is 70.6. The zero-order valence-corrected chi connectivity index (χ0v) is 65.2. The molecule has 0 heterocycles. The molecule has 0 spiro atoms. The van der Waals surface area contributed by atoms with Crippen molar-refractivity contribution < 1.29 is 0 Å². The Labute approximate surface area is 688 Å². The van der Waals surface area contributed by atoms with Crippen LogP contribution >= 0.6 is 0 Å². The largest absolute Gasteiger partial charge is 0.311 e. The van der Waals surface area contributed by atoms with Crippen LogP contribution in [0.3, 0.4) is 0 Å². The number of benzene rings is 21. The Kier molecular flexibility index (Phi) is 18.5. The molecular formula is C116H80N2. The molecule has 554 valence electrons. The number of hydrogen-bond donors (Lipinski definition) is 0. The molecule has 1 aliphatic rings. The van der Waals surface area contributed by atoms with E-state index < -0.39 is 0 Å². The number of para-hydroxylation sites is 4. The lowest BCUT2D eigenvalue weighted by molar-refractivity contribution is 1.06. The Morgan fingerprint density at radius 1 is 0.169 bits per heavy atom. The molecule has 22 rings (SSSR count). The minimum atomic E-state index is 1.01. The Morgan fingerprint density at radius 2 is 0.390 bits per heavy atom. The van der Waals surface area contributed by atoms with Crippen LogP contribution in [-0.4, -0.2) is 0 Å². The number of rotatable bonds is 14. The van der Waals surface area contributed by atoms with Gasteiger partial charge in [-0.25, -0.2) is 0 Å². The summed E-state index contributed by atoms with van der Waals surface area (Å²) in [6.07, 6.45) is 8.97. The number of allylic oxidation sites excluding steroid dienone is 4. The Hall–Kier alpha value is -15.2. The van der Waals surface area contributed by atoms with Crippen molar-refractivity contribution >= 4 is 126 Å². The average molecular weight is 1500 g/mol. The third kappa shape index (κ3) is 12.7. The van der Waals surface area contributed by atoms with Crippen molar-refractivity contribution in [2.45, 2.75) is 12.8 Å². The zero-order chi connectivity index (χ0) is 78.2. The van der Waals surface area contributed by atoms with Crippen LogP contribution in [0.1, 0.15) is 18.4 Å². The fourth-order valence-corrected chi connectivity index (χ4v) is 18.8. The summed E-state index contributed by atoms with van der Waals surface area (Å²) in [5.41, 5.74) is 26.6. The van der Waals surface area contributed by atoms with Gasteiger partial charge in [-0.15, -0.1) is 0 Å². The van der Waals surface area contributed by atoms with Crippen LogP contribution in [0.25, 0.3) is 170 Å². The maximum atomic E-state index is 2.41. The number of fused-ring (bicyclic) bond motifs is 8. The molecule has 1 aliphatic carbocycles. The third-order valence-electron chi connectivity index (χ3n) is 23.8. The van der Waals surface area contributed by atoms with Gasteiger partial charge in [0.15, 0.2) is 0 Å². The Balaban J connectivity index is 0.000000154. The molecule has 2 heteroatoms. The molecule has 0 aliphatic heterocycles. The maximum Gasteiger partial charge on any atom is 0.0462 e. The van der Waals surface area contributed by atoms with E-state index in [9.17, 15) is 0 Å². The normalized spacial score (nSPS) is 12.0. The first-order chi connectivity index (χ1) is 58.6. The molecule has 0 amide bonds. The minimum Gasteiger partial charge on any atom is -0.311 e. The number of nitrogens with zero attached hydrogens (tertiary/aromatic N) is 2. The molecule has 21 aromatic carbocycles. The van der Waals surface area contributed by atoms with Gasteiger partial charge < -0.3 is 9.80 Å². The van der Waals surface area contributed by atoms with Crippen molar-refractivity contribution in [3.8, 4) is 77.9 Å². The SMILES string of the molecule is C1=CCCC(c2c3ccccc3c(-c3ccccc3)c3c(-c4ccc5ccccc5c4)c4ccccc4c(-c4ccc5ccccc5c4)c23)=C1.c1ccc(-c2c3ccccc3c(-c3ccccc3)c3c(-c4ccc(N(c5ccccc5)c5ccccc5)cc4)c4ccccc4c(-c4ccc(N(c5ccccc5)c5ccccc5)cc4)c23)cc1. The van der Waals surface area contributed by atoms with Crippen molar-refractivity contribution in [1.29, 1.82) is 0 Å². The van der Waals surface area contributed by atoms with Crippen molar-refractivity contribution in [3.05, 3.63) is 467 Å². The highest BCUT2D eigenvalue weighted by molar-refractivity contribution is 6.35. The summed E-state index contributed by atoms with van der Waals surface area (Å²) >= 11 is 0. The number of anilines is 6. The first-order valence-corrected chi connectivity index (χ1v) is 41.0. The van der Waals surface area contributed by atoms with E-state index in [4.69, 9.17) is 0 Å². The van der Waals surface area contributed by atoms with E-state index in [1.54, 1.807) is 0 Å². The second-order valence-corrected chi connectivity index (χ2v) is 30.7. The minimum absolute atomic E-state index is 1.01. The Bertz CT molecular complexity index is 7080. The van der Waals surface area contributed by atoms with Crippen molar-refractivity contribution in [2.75, 3.05) is 9.80 Å². The molecule has 0 fully saturated rings. The van der Waals surface area contributed by atoms with Gasteiger partial charge in [0.2, 0.25) is 0 Å². The second-order valence-electron chi connectivity index (χ2n) is 30.7. The summed E-state index contributed by atoms with van der Waals surface area (Å²) < 4.78 is 0. The monoisotopic (exact) mass is 1500 g/mol. The molecule has 21 aromatic rings. The molecule has 0 atom stereocenters. The quantitative estimate of drug-likeness (QED) is 0.100. The summed E-state index contributed by atoms with van der Waals surface area (Å²) in [4.78, 5) is 4.67. The van der Waals surface area contributed by atoms with E-state index in [1.165, 1.54) is 164 Å². The van der Waals surface area contributed by atoms with Crippen molar-refractivity contribution in [2.24, 2.45) is 0 Å². The van der Waals surface area contributed by atoms with Gasteiger partial charge in [-0.3, -0.25) is 0 Å². The smallest absolute Gasteiger partial charge is 0.0462 e. The highest BCUT2D eigenvalue weighted by Crippen LogP contribution is 2.57. The van der Waals surface area contributed by atoms with Crippen LogP contribution < -0.4 is 9.80 Å². The molecule has 0 radical (unpaired) electrons. The van der Waals surface area contributed by atoms with Crippen LogP contribution in [-0.2, 0) is 0 Å².